The molecule has 2 N–H and O–H groups in total. The van der Waals surface area contributed by atoms with E-state index in [0.717, 1.165) is 42.0 Å². The first-order valence-corrected chi connectivity index (χ1v) is 12.6. The first kappa shape index (κ1) is 24.2. The molecule has 5 heterocycles. The second-order valence-electron chi connectivity index (χ2n) is 9.33. The summed E-state index contributed by atoms with van der Waals surface area (Å²) >= 11 is 0. The lowest BCUT2D eigenvalue weighted by Crippen LogP contribution is -2.48. The fourth-order valence-corrected chi connectivity index (χ4v) is 4.81. The number of amides is 1. The zero-order valence-corrected chi connectivity index (χ0v) is 21.1. The van der Waals surface area contributed by atoms with Gasteiger partial charge in [-0.05, 0) is 54.1 Å². The summed E-state index contributed by atoms with van der Waals surface area (Å²) < 4.78 is 2.01. The number of nitrogens with zero attached hydrogens (tertiary/aromatic N) is 8. The van der Waals surface area contributed by atoms with Crippen molar-refractivity contribution in [2.75, 3.05) is 31.9 Å². The summed E-state index contributed by atoms with van der Waals surface area (Å²) in [6, 6.07) is 21.2. The number of benzene rings is 1. The largest absolute Gasteiger partial charge is 0.383 e. The molecule has 1 aliphatic heterocycles. The summed E-state index contributed by atoms with van der Waals surface area (Å²) in [5.41, 5.74) is 11.4. The Morgan fingerprint density at radius 1 is 0.923 bits per heavy atom. The third kappa shape index (κ3) is 4.79. The van der Waals surface area contributed by atoms with Gasteiger partial charge in [-0.1, -0.05) is 12.1 Å². The van der Waals surface area contributed by atoms with Gasteiger partial charge in [0.2, 0.25) is 0 Å². The SMILES string of the molecule is N#Cc1ccc(C(=O)N2CCN(Cc3ccc(-n4c(-c5cccnc5N)nc5cccnc54)cc3)CC2)nc1. The Morgan fingerprint density at radius 3 is 2.41 bits per heavy atom. The molecule has 0 unspecified atom stereocenters. The van der Waals surface area contributed by atoms with E-state index in [2.05, 4.69) is 44.1 Å². The van der Waals surface area contributed by atoms with Crippen LogP contribution in [-0.4, -0.2) is 66.4 Å². The molecule has 1 aromatic carbocycles. The number of nitriles is 1. The van der Waals surface area contributed by atoms with E-state index >= 15 is 0 Å². The lowest BCUT2D eigenvalue weighted by atomic mass is 10.1. The van der Waals surface area contributed by atoms with E-state index in [-0.39, 0.29) is 5.91 Å². The van der Waals surface area contributed by atoms with Crippen molar-refractivity contribution >= 4 is 22.9 Å². The first-order chi connectivity index (χ1) is 19.1. The van der Waals surface area contributed by atoms with Gasteiger partial charge in [0.25, 0.3) is 5.91 Å². The number of hydrogen-bond acceptors (Lipinski definition) is 8. The van der Waals surface area contributed by atoms with Crippen molar-refractivity contribution in [1.29, 1.82) is 5.26 Å². The van der Waals surface area contributed by atoms with Gasteiger partial charge in [0, 0.05) is 57.0 Å². The molecule has 6 rings (SSSR count). The van der Waals surface area contributed by atoms with Gasteiger partial charge in [-0.15, -0.1) is 0 Å². The van der Waals surface area contributed by atoms with Crippen LogP contribution >= 0.6 is 0 Å². The van der Waals surface area contributed by atoms with Crippen LogP contribution in [0.1, 0.15) is 21.6 Å². The maximum atomic E-state index is 12.8. The van der Waals surface area contributed by atoms with Crippen LogP contribution in [0.4, 0.5) is 5.82 Å². The van der Waals surface area contributed by atoms with Gasteiger partial charge in [-0.3, -0.25) is 14.3 Å². The van der Waals surface area contributed by atoms with Crippen LogP contribution < -0.4 is 5.73 Å². The summed E-state index contributed by atoms with van der Waals surface area (Å²) in [4.78, 5) is 34.7. The fourth-order valence-electron chi connectivity index (χ4n) is 4.81. The minimum absolute atomic E-state index is 0.102. The van der Waals surface area contributed by atoms with E-state index in [0.29, 0.717) is 36.0 Å². The number of rotatable bonds is 5. The van der Waals surface area contributed by atoms with Gasteiger partial charge in [0.1, 0.15) is 23.1 Å². The van der Waals surface area contributed by atoms with Crippen molar-refractivity contribution < 1.29 is 4.79 Å². The molecular weight excluding hydrogens is 490 g/mol. The fraction of sp³-hybridized carbons (Fsp3) is 0.172. The van der Waals surface area contributed by atoms with E-state index in [9.17, 15) is 4.79 Å². The molecule has 0 atom stereocenters. The minimum Gasteiger partial charge on any atom is -0.383 e. The maximum Gasteiger partial charge on any atom is 0.272 e. The van der Waals surface area contributed by atoms with Crippen LogP contribution in [0, 0.1) is 11.3 Å². The summed E-state index contributed by atoms with van der Waals surface area (Å²) in [7, 11) is 0. The third-order valence-electron chi connectivity index (χ3n) is 6.87. The predicted octanol–water partition coefficient (Wildman–Crippen LogP) is 3.29. The quantitative estimate of drug-likeness (QED) is 0.377. The second kappa shape index (κ2) is 10.3. The van der Waals surface area contributed by atoms with Crippen molar-refractivity contribution in [2.24, 2.45) is 0 Å². The molecule has 4 aromatic heterocycles. The molecule has 0 saturated carbocycles. The zero-order valence-electron chi connectivity index (χ0n) is 21.1. The lowest BCUT2D eigenvalue weighted by Gasteiger charge is -2.34. The normalized spacial score (nSPS) is 13.9. The van der Waals surface area contributed by atoms with Gasteiger partial charge < -0.3 is 10.6 Å². The molecule has 39 heavy (non-hydrogen) atoms. The Bertz CT molecular complexity index is 1680. The lowest BCUT2D eigenvalue weighted by molar-refractivity contribution is 0.0622. The molecule has 5 aromatic rings. The number of carbonyl (C=O) groups excluding carboxylic acids is 1. The number of nitrogens with two attached hydrogens (primary N) is 1. The van der Waals surface area contributed by atoms with Crippen molar-refractivity contribution in [3.05, 3.63) is 96.1 Å². The topological polar surface area (TPSA) is 130 Å². The Balaban J connectivity index is 1.16. The molecule has 0 radical (unpaired) electrons. The van der Waals surface area contributed by atoms with Gasteiger partial charge in [-0.2, -0.15) is 5.26 Å². The first-order valence-electron chi connectivity index (χ1n) is 12.6. The van der Waals surface area contributed by atoms with Crippen LogP contribution in [0.2, 0.25) is 0 Å². The highest BCUT2D eigenvalue weighted by Gasteiger charge is 2.23. The van der Waals surface area contributed by atoms with E-state index in [1.165, 1.54) is 11.8 Å². The summed E-state index contributed by atoms with van der Waals surface area (Å²) in [5, 5.41) is 8.94. The van der Waals surface area contributed by atoms with E-state index in [4.69, 9.17) is 16.0 Å². The molecule has 1 fully saturated rings. The molecule has 0 bridgehead atoms. The van der Waals surface area contributed by atoms with Crippen LogP contribution in [0.3, 0.4) is 0 Å². The Hall–Kier alpha value is -5.14. The average molecular weight is 516 g/mol. The van der Waals surface area contributed by atoms with Crippen LogP contribution in [0.25, 0.3) is 28.2 Å². The molecule has 10 heteroatoms. The van der Waals surface area contributed by atoms with Crippen molar-refractivity contribution in [3.63, 3.8) is 0 Å². The standard InChI is InChI=1S/C29H25N9O/c30-17-21-7-10-25(34-18-21)29(39)37-15-13-36(14-16-37)19-20-5-8-22(9-6-20)38-27(23-3-1-11-32-26(23)31)35-24-4-2-12-33-28(24)38/h1-12,18H,13-16,19H2,(H2,31,32). The highest BCUT2D eigenvalue weighted by molar-refractivity contribution is 5.92. The molecule has 1 amide bonds. The molecule has 0 aliphatic carbocycles. The third-order valence-corrected chi connectivity index (χ3v) is 6.87. The van der Waals surface area contributed by atoms with Gasteiger partial charge in [-0.25, -0.2) is 19.9 Å². The van der Waals surface area contributed by atoms with Crippen LogP contribution in [0.15, 0.2) is 79.3 Å². The number of pyridine rings is 3. The molecule has 0 spiro atoms. The number of piperazine rings is 1. The van der Waals surface area contributed by atoms with Gasteiger partial charge >= 0.3 is 0 Å². The minimum atomic E-state index is -0.102. The highest BCUT2D eigenvalue weighted by atomic mass is 16.2. The highest BCUT2D eigenvalue weighted by Crippen LogP contribution is 2.30. The summed E-state index contributed by atoms with van der Waals surface area (Å²) in [6.45, 7) is 3.57. The number of imidazole rings is 1. The molecule has 1 aliphatic rings. The molecule has 192 valence electrons. The Labute approximate surface area is 225 Å². The van der Waals surface area contributed by atoms with Crippen molar-refractivity contribution in [1.82, 2.24) is 34.3 Å². The number of fused-ring (bicyclic) bond motifs is 1. The summed E-state index contributed by atoms with van der Waals surface area (Å²) in [6.07, 6.45) is 4.86. The van der Waals surface area contributed by atoms with Gasteiger partial charge in [0.05, 0.1) is 11.1 Å². The smallest absolute Gasteiger partial charge is 0.272 e. The number of hydrogen-bond donors (Lipinski definition) is 1. The number of anilines is 1. The number of nitrogen functional groups attached to an aromatic ring is 1. The maximum absolute atomic E-state index is 12.8. The van der Waals surface area contributed by atoms with Gasteiger partial charge in [0.15, 0.2) is 11.5 Å². The number of carbonyl (C=O) groups is 1. The van der Waals surface area contributed by atoms with Crippen LogP contribution in [-0.2, 0) is 6.54 Å². The molecular formula is C29H25N9O. The monoisotopic (exact) mass is 515 g/mol. The van der Waals surface area contributed by atoms with Crippen LogP contribution in [0.5, 0.6) is 0 Å². The van der Waals surface area contributed by atoms with E-state index < -0.39 is 0 Å². The van der Waals surface area contributed by atoms with Crippen molar-refractivity contribution in [2.45, 2.75) is 6.54 Å². The molecule has 1 saturated heterocycles. The Kier molecular flexibility index (Phi) is 6.40. The number of aromatic nitrogens is 5. The summed E-state index contributed by atoms with van der Waals surface area (Å²) in [5.74, 6) is 1.01. The second-order valence-corrected chi connectivity index (χ2v) is 9.33. The average Bonchev–Trinajstić information content (AvgIpc) is 3.37. The Morgan fingerprint density at radius 2 is 1.69 bits per heavy atom. The predicted molar refractivity (Wildman–Crippen MR) is 147 cm³/mol. The van der Waals surface area contributed by atoms with E-state index in [1.54, 1.807) is 24.5 Å². The molecule has 10 nitrogen and oxygen atoms in total. The zero-order chi connectivity index (χ0) is 26.8. The van der Waals surface area contributed by atoms with Crippen molar-refractivity contribution in [3.8, 4) is 23.1 Å². The van der Waals surface area contributed by atoms with E-state index in [1.807, 2.05) is 39.8 Å².